The highest BCUT2D eigenvalue weighted by Gasteiger charge is 2.06. The highest BCUT2D eigenvalue weighted by molar-refractivity contribution is 8.15. The lowest BCUT2D eigenvalue weighted by molar-refractivity contribution is 0.614. The Labute approximate surface area is 78.3 Å². The van der Waals surface area contributed by atoms with Crippen molar-refractivity contribution in [3.63, 3.8) is 0 Å². The van der Waals surface area contributed by atoms with Crippen LogP contribution in [0.1, 0.15) is 0 Å². The lowest BCUT2D eigenvalue weighted by Gasteiger charge is -1.94. The maximum absolute atomic E-state index is 10.8. The van der Waals surface area contributed by atoms with Crippen molar-refractivity contribution >= 4 is 21.7 Å². The van der Waals surface area contributed by atoms with E-state index in [1.807, 2.05) is 18.2 Å². The van der Waals surface area contributed by atoms with Crippen LogP contribution in [0.3, 0.4) is 0 Å². The summed E-state index contributed by atoms with van der Waals surface area (Å²) >= 11 is 0. The third kappa shape index (κ3) is 6.33. The minimum Gasteiger partial charge on any atom is -0.412 e. The molecular formula is C7H13BO4S. The summed E-state index contributed by atoms with van der Waals surface area (Å²) in [7, 11) is -2.88. The standard InChI is InChI=1S/C7H9BO2S.2H2O/c1-11(9,10)8-7-5-3-2-4-6-7;;/h2-6,8H,1H3;2*1H2. The van der Waals surface area contributed by atoms with Gasteiger partial charge in [-0.15, -0.1) is 0 Å². The van der Waals surface area contributed by atoms with Gasteiger partial charge < -0.3 is 11.0 Å². The monoisotopic (exact) mass is 204 g/mol. The van der Waals surface area contributed by atoms with Crippen LogP contribution in [-0.4, -0.2) is 32.2 Å². The maximum Gasteiger partial charge on any atom is 0.305 e. The molecule has 13 heavy (non-hydrogen) atoms. The van der Waals surface area contributed by atoms with E-state index in [0.29, 0.717) is 0 Å². The molecule has 4 nitrogen and oxygen atoms in total. The highest BCUT2D eigenvalue weighted by atomic mass is 32.2. The van der Waals surface area contributed by atoms with Crippen LogP contribution in [0.25, 0.3) is 0 Å². The van der Waals surface area contributed by atoms with Gasteiger partial charge in [-0.1, -0.05) is 35.8 Å². The summed E-state index contributed by atoms with van der Waals surface area (Å²) in [5.41, 5.74) is 0.843. The SMILES string of the molecule is CS(=O)(=O)Bc1ccccc1.O.O. The molecule has 0 saturated heterocycles. The fourth-order valence-corrected chi connectivity index (χ4v) is 1.67. The zero-order valence-corrected chi connectivity index (χ0v) is 8.14. The van der Waals surface area contributed by atoms with Gasteiger partial charge in [0.2, 0.25) is 0 Å². The Bertz CT molecular complexity index is 322. The first-order chi connectivity index (χ1) is 5.08. The summed E-state index contributed by atoms with van der Waals surface area (Å²) in [6.07, 6.45) is 1.24. The van der Waals surface area contributed by atoms with E-state index in [4.69, 9.17) is 0 Å². The van der Waals surface area contributed by atoms with Crippen molar-refractivity contribution in [1.29, 1.82) is 0 Å². The first-order valence-corrected chi connectivity index (χ1v) is 5.36. The normalized spacial score (nSPS) is 9.31. The highest BCUT2D eigenvalue weighted by Crippen LogP contribution is 1.84. The number of benzene rings is 1. The summed E-state index contributed by atoms with van der Waals surface area (Å²) in [6.45, 7) is 0.133. The van der Waals surface area contributed by atoms with E-state index >= 15 is 0 Å². The van der Waals surface area contributed by atoms with Gasteiger partial charge >= 0.3 is 6.56 Å². The Morgan fingerprint density at radius 2 is 1.54 bits per heavy atom. The van der Waals surface area contributed by atoms with Gasteiger partial charge in [0.25, 0.3) is 0 Å². The maximum atomic E-state index is 10.8. The molecule has 0 radical (unpaired) electrons. The summed E-state index contributed by atoms with van der Waals surface area (Å²) in [6, 6.07) is 9.15. The zero-order valence-electron chi connectivity index (χ0n) is 7.32. The average molecular weight is 204 g/mol. The molecule has 0 aliphatic carbocycles. The molecule has 0 aromatic heterocycles. The van der Waals surface area contributed by atoms with Gasteiger partial charge in [0.05, 0.1) is 0 Å². The van der Waals surface area contributed by atoms with E-state index in [0.717, 1.165) is 5.46 Å². The fraction of sp³-hybridized carbons (Fsp3) is 0.143. The lowest BCUT2D eigenvalue weighted by Crippen LogP contribution is -2.22. The van der Waals surface area contributed by atoms with Crippen LogP contribution in [0, 0.1) is 0 Å². The molecule has 0 aliphatic rings. The topological polar surface area (TPSA) is 97.1 Å². The molecule has 4 N–H and O–H groups in total. The Morgan fingerprint density at radius 3 is 1.92 bits per heavy atom. The molecule has 0 fully saturated rings. The molecule has 74 valence electrons. The summed E-state index contributed by atoms with van der Waals surface area (Å²) < 4.78 is 21.6. The van der Waals surface area contributed by atoms with Crippen molar-refractivity contribution in [3.8, 4) is 0 Å². The van der Waals surface area contributed by atoms with Crippen LogP contribution in [0.4, 0.5) is 0 Å². The largest absolute Gasteiger partial charge is 0.412 e. The molecule has 1 aromatic carbocycles. The second-order valence-electron chi connectivity index (χ2n) is 2.56. The quantitative estimate of drug-likeness (QED) is 0.523. The van der Waals surface area contributed by atoms with Crippen molar-refractivity contribution in [2.45, 2.75) is 0 Å². The van der Waals surface area contributed by atoms with Crippen molar-refractivity contribution in [3.05, 3.63) is 30.3 Å². The summed E-state index contributed by atoms with van der Waals surface area (Å²) in [5.74, 6) is 0. The molecule has 0 aliphatic heterocycles. The van der Waals surface area contributed by atoms with Gasteiger partial charge in [0.1, 0.15) is 9.69 Å². The van der Waals surface area contributed by atoms with E-state index in [9.17, 15) is 8.42 Å². The molecule has 0 heterocycles. The Kier molecular flexibility index (Phi) is 6.48. The number of rotatable bonds is 2. The predicted molar refractivity (Wildman–Crippen MR) is 55.3 cm³/mol. The van der Waals surface area contributed by atoms with Crippen LogP contribution in [-0.2, 0) is 9.69 Å². The molecular weight excluding hydrogens is 191 g/mol. The van der Waals surface area contributed by atoms with Crippen LogP contribution in [0.5, 0.6) is 0 Å². The summed E-state index contributed by atoms with van der Waals surface area (Å²) in [4.78, 5) is 0. The van der Waals surface area contributed by atoms with Crippen LogP contribution in [0.15, 0.2) is 30.3 Å². The molecule has 0 spiro atoms. The number of hydrogen-bond acceptors (Lipinski definition) is 2. The van der Waals surface area contributed by atoms with Crippen molar-refractivity contribution in [1.82, 2.24) is 0 Å². The first-order valence-electron chi connectivity index (χ1n) is 3.29. The third-order valence-electron chi connectivity index (χ3n) is 1.27. The molecule has 1 aromatic rings. The number of hydrogen-bond donors (Lipinski definition) is 0. The second kappa shape index (κ2) is 5.74. The predicted octanol–water partition coefficient (Wildman–Crippen LogP) is -1.94. The Morgan fingerprint density at radius 1 is 1.08 bits per heavy atom. The minimum atomic E-state index is -2.88. The zero-order chi connectivity index (χ0) is 8.32. The van der Waals surface area contributed by atoms with E-state index < -0.39 is 9.69 Å². The molecule has 0 amide bonds. The van der Waals surface area contributed by atoms with Gasteiger partial charge in [-0.05, 0) is 0 Å². The van der Waals surface area contributed by atoms with Crippen LogP contribution in [0.2, 0.25) is 0 Å². The van der Waals surface area contributed by atoms with E-state index in [-0.39, 0.29) is 17.5 Å². The van der Waals surface area contributed by atoms with E-state index in [1.54, 1.807) is 12.1 Å². The molecule has 0 bridgehead atoms. The Balaban J connectivity index is 0. The third-order valence-corrected chi connectivity index (χ3v) is 2.13. The van der Waals surface area contributed by atoms with Gasteiger partial charge in [-0.25, -0.2) is 8.42 Å². The van der Waals surface area contributed by atoms with Gasteiger partial charge in [0, 0.05) is 6.26 Å². The molecule has 0 atom stereocenters. The molecule has 1 rings (SSSR count). The van der Waals surface area contributed by atoms with Crippen LogP contribution < -0.4 is 5.46 Å². The second-order valence-corrected chi connectivity index (χ2v) is 4.70. The lowest BCUT2D eigenvalue weighted by atomic mass is 9.95. The molecule has 6 heteroatoms. The first kappa shape index (κ1) is 14.7. The van der Waals surface area contributed by atoms with Gasteiger partial charge in [-0.2, -0.15) is 0 Å². The van der Waals surface area contributed by atoms with Crippen molar-refractivity contribution in [2.24, 2.45) is 0 Å². The smallest absolute Gasteiger partial charge is 0.305 e. The van der Waals surface area contributed by atoms with Crippen molar-refractivity contribution < 1.29 is 19.4 Å². The Hall–Kier alpha value is -0.845. The average Bonchev–Trinajstić information content (AvgIpc) is 1.85. The van der Waals surface area contributed by atoms with Crippen LogP contribution >= 0.6 is 0 Å². The minimum absolute atomic E-state index is 0. The van der Waals surface area contributed by atoms with Crippen molar-refractivity contribution in [2.75, 3.05) is 6.26 Å². The van der Waals surface area contributed by atoms with Gasteiger partial charge in [0.15, 0.2) is 0 Å². The summed E-state index contributed by atoms with van der Waals surface area (Å²) in [5, 5.41) is 0. The van der Waals surface area contributed by atoms with E-state index in [1.165, 1.54) is 6.26 Å². The van der Waals surface area contributed by atoms with E-state index in [2.05, 4.69) is 0 Å². The molecule has 0 saturated carbocycles. The van der Waals surface area contributed by atoms with Gasteiger partial charge in [-0.3, -0.25) is 0 Å². The fourth-order valence-electron chi connectivity index (χ4n) is 0.877. The molecule has 0 unspecified atom stereocenters.